The van der Waals surface area contributed by atoms with Crippen LogP contribution in [0.5, 0.6) is 11.5 Å². The molecule has 0 fully saturated rings. The van der Waals surface area contributed by atoms with Crippen molar-refractivity contribution in [1.82, 2.24) is 5.32 Å². The second kappa shape index (κ2) is 11.7. The van der Waals surface area contributed by atoms with Gasteiger partial charge in [-0.2, -0.15) is 0 Å². The molecule has 5 aromatic carbocycles. The minimum atomic E-state index is -0.465. The summed E-state index contributed by atoms with van der Waals surface area (Å²) in [4.78, 5) is 5.04. The number of fused-ring (bicyclic) bond motifs is 3. The number of nitrogens with zero attached hydrogens (tertiary/aromatic N) is 1. The van der Waals surface area contributed by atoms with Crippen LogP contribution < -0.4 is 10.1 Å². The van der Waals surface area contributed by atoms with Crippen molar-refractivity contribution in [2.24, 2.45) is 4.99 Å². The maximum Gasteiger partial charge on any atom is 0.140 e. The molecule has 3 nitrogen and oxygen atoms in total. The van der Waals surface area contributed by atoms with Gasteiger partial charge in [-0.1, -0.05) is 169 Å². The van der Waals surface area contributed by atoms with Crippen molar-refractivity contribution in [2.45, 2.75) is 24.3 Å². The third-order valence-corrected chi connectivity index (χ3v) is 9.96. The number of rotatable bonds is 5. The highest BCUT2D eigenvalue weighted by Crippen LogP contribution is 2.58. The predicted molar refractivity (Wildman–Crippen MR) is 196 cm³/mol. The number of aliphatic imine (C=N–C) groups is 1. The molecule has 0 aromatic heterocycles. The Balaban J connectivity index is 1.17. The van der Waals surface area contributed by atoms with Crippen LogP contribution in [0.4, 0.5) is 0 Å². The third-order valence-electron chi connectivity index (χ3n) is 9.96. The van der Waals surface area contributed by atoms with E-state index in [4.69, 9.17) is 9.73 Å². The monoisotopic (exact) mass is 618 g/mol. The number of allylic oxidation sites excluding steroid dienone is 6. The van der Waals surface area contributed by atoms with Gasteiger partial charge >= 0.3 is 0 Å². The van der Waals surface area contributed by atoms with Gasteiger partial charge in [0.15, 0.2) is 0 Å². The molecule has 0 radical (unpaired) electrons. The summed E-state index contributed by atoms with van der Waals surface area (Å²) in [5, 5.41) is 3.68. The van der Waals surface area contributed by atoms with Crippen LogP contribution in [0.25, 0.3) is 16.8 Å². The molecular weight excluding hydrogens is 585 g/mol. The van der Waals surface area contributed by atoms with Crippen molar-refractivity contribution in [2.75, 3.05) is 0 Å². The van der Waals surface area contributed by atoms with Crippen LogP contribution in [-0.4, -0.2) is 11.9 Å². The summed E-state index contributed by atoms with van der Waals surface area (Å²) in [5.41, 5.74) is 11.2. The van der Waals surface area contributed by atoms with E-state index in [1.54, 1.807) is 0 Å². The average Bonchev–Trinajstić information content (AvgIpc) is 3.17. The summed E-state index contributed by atoms with van der Waals surface area (Å²) in [6.07, 6.45) is 17.3. The van der Waals surface area contributed by atoms with Crippen molar-refractivity contribution in [3.63, 3.8) is 0 Å². The van der Waals surface area contributed by atoms with Crippen molar-refractivity contribution in [3.05, 3.63) is 209 Å². The molecule has 9 rings (SSSR count). The Bertz CT molecular complexity index is 2220. The Morgan fingerprint density at radius 3 is 2.23 bits per heavy atom. The second-order valence-electron chi connectivity index (χ2n) is 12.6. The van der Waals surface area contributed by atoms with Crippen LogP contribution in [0.1, 0.15) is 40.7 Å². The van der Waals surface area contributed by atoms with Gasteiger partial charge < -0.3 is 10.1 Å². The molecule has 0 saturated carbocycles. The fraction of sp³-hybridized carbons (Fsp3) is 0.0889. The van der Waals surface area contributed by atoms with Gasteiger partial charge in [-0.15, -0.1) is 0 Å². The second-order valence-corrected chi connectivity index (χ2v) is 12.6. The van der Waals surface area contributed by atoms with E-state index in [1.807, 2.05) is 6.07 Å². The summed E-state index contributed by atoms with van der Waals surface area (Å²) >= 11 is 0. The number of ether oxygens (including phenoxy) is 1. The Kier molecular flexibility index (Phi) is 6.90. The van der Waals surface area contributed by atoms with Gasteiger partial charge in [0.25, 0.3) is 0 Å². The molecule has 4 aliphatic rings. The Hall–Kier alpha value is -5.93. The smallest absolute Gasteiger partial charge is 0.140 e. The molecule has 2 heterocycles. The molecule has 2 atom stereocenters. The minimum Gasteiger partial charge on any atom is -0.456 e. The molecule has 5 aromatic rings. The minimum absolute atomic E-state index is 0.0224. The Morgan fingerprint density at radius 2 is 1.42 bits per heavy atom. The molecule has 48 heavy (non-hydrogen) atoms. The highest BCUT2D eigenvalue weighted by atomic mass is 16.5. The van der Waals surface area contributed by atoms with Crippen LogP contribution in [0.2, 0.25) is 0 Å². The molecule has 2 aliphatic heterocycles. The molecule has 230 valence electrons. The van der Waals surface area contributed by atoms with E-state index < -0.39 is 5.41 Å². The molecule has 0 amide bonds. The molecule has 2 aliphatic carbocycles. The number of nitrogens with one attached hydrogen (secondary N) is 1. The van der Waals surface area contributed by atoms with E-state index in [0.717, 1.165) is 58.1 Å². The van der Waals surface area contributed by atoms with Gasteiger partial charge in [-0.3, -0.25) is 4.99 Å². The fourth-order valence-corrected chi connectivity index (χ4v) is 7.77. The molecule has 0 spiro atoms. The first-order valence-electron chi connectivity index (χ1n) is 16.7. The number of para-hydroxylation sites is 2. The van der Waals surface area contributed by atoms with Crippen LogP contribution in [0.3, 0.4) is 0 Å². The summed E-state index contributed by atoms with van der Waals surface area (Å²) in [5.74, 6) is 2.71. The van der Waals surface area contributed by atoms with Crippen molar-refractivity contribution < 1.29 is 4.74 Å². The van der Waals surface area contributed by atoms with Crippen molar-refractivity contribution >= 4 is 11.5 Å². The lowest BCUT2D eigenvalue weighted by molar-refractivity contribution is 0.431. The summed E-state index contributed by atoms with van der Waals surface area (Å²) in [6.45, 7) is 0. The van der Waals surface area contributed by atoms with Gasteiger partial charge in [0, 0.05) is 27.8 Å². The lowest BCUT2D eigenvalue weighted by Gasteiger charge is -2.44. The maximum atomic E-state index is 6.91. The highest BCUT2D eigenvalue weighted by Gasteiger charge is 2.47. The van der Waals surface area contributed by atoms with E-state index >= 15 is 0 Å². The number of benzene rings is 5. The van der Waals surface area contributed by atoms with Crippen LogP contribution >= 0.6 is 0 Å². The van der Waals surface area contributed by atoms with E-state index in [0.29, 0.717) is 0 Å². The van der Waals surface area contributed by atoms with E-state index in [-0.39, 0.29) is 6.04 Å². The SMILES string of the molecule is C1=CCCC(C2(c3ccccc3)c3ccccc3Oc3c(-c4ccc(C5=C6C=CC=CC6N=C(c6ccccc6)N5)cc4)cccc32)=C1. The van der Waals surface area contributed by atoms with Crippen molar-refractivity contribution in [3.8, 4) is 22.6 Å². The summed E-state index contributed by atoms with van der Waals surface area (Å²) in [7, 11) is 0. The first-order chi connectivity index (χ1) is 23.8. The van der Waals surface area contributed by atoms with Gasteiger partial charge in [-0.05, 0) is 35.6 Å². The average molecular weight is 619 g/mol. The summed E-state index contributed by atoms with van der Waals surface area (Å²) < 4.78 is 6.91. The fourth-order valence-electron chi connectivity index (χ4n) is 7.77. The Morgan fingerprint density at radius 1 is 0.667 bits per heavy atom. The highest BCUT2D eigenvalue weighted by molar-refractivity contribution is 6.06. The Labute approximate surface area is 281 Å². The van der Waals surface area contributed by atoms with Crippen LogP contribution in [-0.2, 0) is 5.41 Å². The zero-order valence-electron chi connectivity index (χ0n) is 26.5. The quantitative estimate of drug-likeness (QED) is 0.213. The van der Waals surface area contributed by atoms with E-state index in [9.17, 15) is 0 Å². The maximum absolute atomic E-state index is 6.91. The molecule has 0 saturated heterocycles. The summed E-state index contributed by atoms with van der Waals surface area (Å²) in [6, 6.07) is 45.4. The zero-order chi connectivity index (χ0) is 31.9. The van der Waals surface area contributed by atoms with E-state index in [1.165, 1.54) is 27.8 Å². The molecule has 0 bridgehead atoms. The molecule has 2 unspecified atom stereocenters. The standard InChI is InChI=1S/C45H34N2O/c1-4-15-33(16-5-1)44-46-40-25-12-10-21-37(40)42(47-44)32-29-27-31(28-30-32)36-22-14-24-39-43(36)48-41-26-13-11-23-38(41)45(39,34-17-6-2-7-18-34)35-19-8-3-9-20-35/h1-8,10-19,21-30,40H,9,20H2,(H,46,47). The van der Waals surface area contributed by atoms with Gasteiger partial charge in [-0.25, -0.2) is 0 Å². The predicted octanol–water partition coefficient (Wildman–Crippen LogP) is 10.3. The normalized spacial score (nSPS) is 20.5. The largest absolute Gasteiger partial charge is 0.456 e. The van der Waals surface area contributed by atoms with Gasteiger partial charge in [0.2, 0.25) is 0 Å². The van der Waals surface area contributed by atoms with Gasteiger partial charge in [0.1, 0.15) is 17.3 Å². The zero-order valence-corrected chi connectivity index (χ0v) is 26.5. The number of amidine groups is 1. The first-order valence-corrected chi connectivity index (χ1v) is 16.7. The lowest BCUT2D eigenvalue weighted by Crippen LogP contribution is -2.35. The van der Waals surface area contributed by atoms with Crippen molar-refractivity contribution in [1.29, 1.82) is 0 Å². The third kappa shape index (κ3) is 4.54. The van der Waals surface area contributed by atoms with E-state index in [2.05, 4.69) is 169 Å². The van der Waals surface area contributed by atoms with Crippen LogP contribution in [0, 0.1) is 0 Å². The first kappa shape index (κ1) is 28.3. The molecular formula is C45H34N2O. The number of hydrogen-bond acceptors (Lipinski definition) is 3. The molecule has 1 N–H and O–H groups in total. The topological polar surface area (TPSA) is 33.6 Å². The van der Waals surface area contributed by atoms with Crippen LogP contribution in [0.15, 0.2) is 186 Å². The number of hydrogen-bond donors (Lipinski definition) is 1. The lowest BCUT2D eigenvalue weighted by atomic mass is 9.61. The van der Waals surface area contributed by atoms with Gasteiger partial charge in [0.05, 0.1) is 17.2 Å². The molecule has 3 heteroatoms.